The lowest BCUT2D eigenvalue weighted by Gasteiger charge is -2.23. The molecule has 140 valence electrons. The fraction of sp³-hybridized carbons (Fsp3) is 0.444. The molecule has 1 aromatic carbocycles. The zero-order valence-electron chi connectivity index (χ0n) is 14.8. The second-order valence-corrected chi connectivity index (χ2v) is 6.14. The largest absolute Gasteiger partial charge is 0.466 e. The number of nitrogens with one attached hydrogen (secondary N) is 1. The Morgan fingerprint density at radius 3 is 2.77 bits per heavy atom. The molecule has 0 unspecified atom stereocenters. The van der Waals surface area contributed by atoms with Crippen LogP contribution < -0.4 is 5.32 Å². The van der Waals surface area contributed by atoms with Gasteiger partial charge in [-0.05, 0) is 19.1 Å². The van der Waals surface area contributed by atoms with Gasteiger partial charge in [0.1, 0.15) is 5.70 Å². The van der Waals surface area contributed by atoms with Crippen LogP contribution >= 0.6 is 0 Å². The van der Waals surface area contributed by atoms with Gasteiger partial charge < -0.3 is 29.5 Å². The molecule has 2 heterocycles. The maximum absolute atomic E-state index is 12.6. The zero-order chi connectivity index (χ0) is 18.7. The van der Waals surface area contributed by atoms with Crippen LogP contribution in [0, 0.1) is 0 Å². The molecule has 2 N–H and O–H groups in total. The fourth-order valence-electron chi connectivity index (χ4n) is 3.05. The van der Waals surface area contributed by atoms with Crippen molar-refractivity contribution in [3.05, 3.63) is 41.1 Å². The van der Waals surface area contributed by atoms with Crippen LogP contribution in [0.5, 0.6) is 0 Å². The molecule has 2 aliphatic rings. The number of methoxy groups -OCH3 is 1. The highest BCUT2D eigenvalue weighted by Crippen LogP contribution is 2.32. The van der Waals surface area contributed by atoms with Gasteiger partial charge in [0.2, 0.25) is 0 Å². The molecule has 0 saturated carbocycles. The van der Waals surface area contributed by atoms with Crippen LogP contribution in [0.4, 0.5) is 5.69 Å². The number of ether oxygens (including phenoxy) is 3. The average molecular weight is 362 g/mol. The predicted molar refractivity (Wildman–Crippen MR) is 92.0 cm³/mol. The number of rotatable bonds is 6. The number of nitrogens with zero attached hydrogens (tertiary/aromatic N) is 1. The van der Waals surface area contributed by atoms with Crippen molar-refractivity contribution < 1.29 is 28.9 Å². The molecule has 0 atom stereocenters. The SMILES string of the molecule is COC(=O)C1=C(Nc2cccc(C3(C)OCCO3)c2)C(=O)N(CCO)C1. The van der Waals surface area contributed by atoms with Gasteiger partial charge in [0.15, 0.2) is 5.79 Å². The van der Waals surface area contributed by atoms with E-state index in [9.17, 15) is 9.59 Å². The first kappa shape index (κ1) is 18.4. The highest BCUT2D eigenvalue weighted by molar-refractivity contribution is 6.08. The Morgan fingerprint density at radius 2 is 2.12 bits per heavy atom. The summed E-state index contributed by atoms with van der Waals surface area (Å²) in [5.41, 5.74) is 1.81. The van der Waals surface area contributed by atoms with Crippen molar-refractivity contribution in [3.63, 3.8) is 0 Å². The van der Waals surface area contributed by atoms with Gasteiger partial charge in [0.05, 0.1) is 39.0 Å². The van der Waals surface area contributed by atoms with E-state index in [1.165, 1.54) is 12.0 Å². The second-order valence-electron chi connectivity index (χ2n) is 6.14. The van der Waals surface area contributed by atoms with E-state index in [4.69, 9.17) is 19.3 Å². The van der Waals surface area contributed by atoms with Crippen LogP contribution in [0.3, 0.4) is 0 Å². The van der Waals surface area contributed by atoms with Gasteiger partial charge >= 0.3 is 5.97 Å². The summed E-state index contributed by atoms with van der Waals surface area (Å²) >= 11 is 0. The maximum atomic E-state index is 12.6. The molecule has 2 aliphatic heterocycles. The Bertz CT molecular complexity index is 739. The molecule has 8 heteroatoms. The van der Waals surface area contributed by atoms with Gasteiger partial charge in [-0.25, -0.2) is 4.79 Å². The van der Waals surface area contributed by atoms with E-state index in [0.29, 0.717) is 18.9 Å². The third-order valence-corrected chi connectivity index (χ3v) is 4.45. The van der Waals surface area contributed by atoms with Crippen LogP contribution in [0.15, 0.2) is 35.5 Å². The molecule has 1 amide bonds. The molecular weight excluding hydrogens is 340 g/mol. The molecule has 1 aromatic rings. The van der Waals surface area contributed by atoms with E-state index < -0.39 is 11.8 Å². The van der Waals surface area contributed by atoms with Gasteiger partial charge in [-0.1, -0.05) is 12.1 Å². The number of benzene rings is 1. The first-order chi connectivity index (χ1) is 12.5. The lowest BCUT2D eigenvalue weighted by molar-refractivity contribution is -0.149. The first-order valence-electron chi connectivity index (χ1n) is 8.35. The predicted octanol–water partition coefficient (Wildman–Crippen LogP) is 0.580. The van der Waals surface area contributed by atoms with Crippen molar-refractivity contribution in [3.8, 4) is 0 Å². The molecule has 0 aromatic heterocycles. The van der Waals surface area contributed by atoms with Crippen molar-refractivity contribution >= 4 is 17.6 Å². The summed E-state index contributed by atoms with van der Waals surface area (Å²) in [4.78, 5) is 26.0. The van der Waals surface area contributed by atoms with E-state index >= 15 is 0 Å². The summed E-state index contributed by atoms with van der Waals surface area (Å²) in [5, 5.41) is 12.1. The first-order valence-corrected chi connectivity index (χ1v) is 8.35. The lowest BCUT2D eigenvalue weighted by Crippen LogP contribution is -2.31. The topological polar surface area (TPSA) is 97.3 Å². The Kier molecular flexibility index (Phi) is 5.26. The summed E-state index contributed by atoms with van der Waals surface area (Å²) in [7, 11) is 1.27. The molecule has 0 aliphatic carbocycles. The summed E-state index contributed by atoms with van der Waals surface area (Å²) in [6, 6.07) is 7.29. The third kappa shape index (κ3) is 3.44. The van der Waals surface area contributed by atoms with E-state index in [1.807, 2.05) is 25.1 Å². The van der Waals surface area contributed by atoms with Gasteiger partial charge in [-0.2, -0.15) is 0 Å². The number of amides is 1. The Labute approximate surface area is 151 Å². The molecule has 26 heavy (non-hydrogen) atoms. The number of hydrogen-bond donors (Lipinski definition) is 2. The van der Waals surface area contributed by atoms with E-state index in [0.717, 1.165) is 5.56 Å². The van der Waals surface area contributed by atoms with Gasteiger partial charge in [-0.3, -0.25) is 4.79 Å². The van der Waals surface area contributed by atoms with Crippen molar-refractivity contribution in [1.29, 1.82) is 0 Å². The van der Waals surface area contributed by atoms with Crippen LogP contribution in [-0.2, 0) is 29.6 Å². The molecular formula is C18H22N2O6. The highest BCUT2D eigenvalue weighted by Gasteiger charge is 2.36. The minimum atomic E-state index is -0.833. The van der Waals surface area contributed by atoms with Crippen molar-refractivity contribution in [2.75, 3.05) is 45.3 Å². The molecule has 0 radical (unpaired) electrons. The van der Waals surface area contributed by atoms with Crippen LogP contribution in [0.2, 0.25) is 0 Å². The number of aliphatic hydroxyl groups is 1. The van der Waals surface area contributed by atoms with E-state index in [2.05, 4.69) is 5.32 Å². The molecule has 1 saturated heterocycles. The maximum Gasteiger partial charge on any atom is 0.337 e. The second kappa shape index (κ2) is 7.45. The normalized spacial score (nSPS) is 19.2. The van der Waals surface area contributed by atoms with Crippen molar-refractivity contribution in [1.82, 2.24) is 4.90 Å². The van der Waals surface area contributed by atoms with Gasteiger partial charge in [0.25, 0.3) is 5.91 Å². The van der Waals surface area contributed by atoms with E-state index in [-0.39, 0.29) is 36.9 Å². The minimum absolute atomic E-state index is 0.0953. The number of anilines is 1. The van der Waals surface area contributed by atoms with Crippen LogP contribution in [-0.4, -0.2) is 61.9 Å². The van der Waals surface area contributed by atoms with Crippen molar-refractivity contribution in [2.24, 2.45) is 0 Å². The summed E-state index contributed by atoms with van der Waals surface area (Å²) in [5.74, 6) is -1.77. The Hall–Kier alpha value is -2.42. The fourth-order valence-corrected chi connectivity index (χ4v) is 3.05. The standard InChI is InChI=1S/C18H22N2O6/c1-18(25-8-9-26-18)12-4-3-5-13(10-12)19-15-14(17(23)24-2)11-20(6-7-21)16(15)22/h3-5,10,19,21H,6-9,11H2,1-2H3. The Morgan fingerprint density at radius 1 is 1.38 bits per heavy atom. The lowest BCUT2D eigenvalue weighted by atomic mass is 10.1. The summed E-state index contributed by atoms with van der Waals surface area (Å²) < 4.78 is 16.1. The molecule has 1 fully saturated rings. The third-order valence-electron chi connectivity index (χ3n) is 4.45. The molecule has 3 rings (SSSR count). The number of aliphatic hydroxyl groups excluding tert-OH is 1. The smallest absolute Gasteiger partial charge is 0.337 e. The zero-order valence-corrected chi connectivity index (χ0v) is 14.8. The summed E-state index contributed by atoms with van der Waals surface area (Å²) in [6.45, 7) is 2.92. The van der Waals surface area contributed by atoms with E-state index in [1.54, 1.807) is 6.07 Å². The summed E-state index contributed by atoms with van der Waals surface area (Å²) in [6.07, 6.45) is 0. The Balaban J connectivity index is 1.88. The quantitative estimate of drug-likeness (QED) is 0.715. The highest BCUT2D eigenvalue weighted by atomic mass is 16.7. The number of carbonyl (C=O) groups is 2. The van der Waals surface area contributed by atoms with Crippen LogP contribution in [0.1, 0.15) is 12.5 Å². The monoisotopic (exact) mass is 362 g/mol. The average Bonchev–Trinajstić information content (AvgIpc) is 3.22. The molecule has 8 nitrogen and oxygen atoms in total. The number of β-amino-alcohol motifs (C(OH)–C–C–N with tert-alkyl or cyclic N) is 1. The molecule has 0 spiro atoms. The number of esters is 1. The van der Waals surface area contributed by atoms with Crippen molar-refractivity contribution in [2.45, 2.75) is 12.7 Å². The van der Waals surface area contributed by atoms with Crippen LogP contribution in [0.25, 0.3) is 0 Å². The van der Waals surface area contributed by atoms with Gasteiger partial charge in [-0.15, -0.1) is 0 Å². The number of carbonyl (C=O) groups excluding carboxylic acids is 2. The minimum Gasteiger partial charge on any atom is -0.466 e. The van der Waals surface area contributed by atoms with Gasteiger partial charge in [0, 0.05) is 17.8 Å². The number of hydrogen-bond acceptors (Lipinski definition) is 7. The molecule has 0 bridgehead atoms.